The molecule has 2 unspecified atom stereocenters. The number of hydrogen-bond donors (Lipinski definition) is 0. The number of carbonyl (C=O) groups excluding carboxylic acids is 2. The third kappa shape index (κ3) is 8.97. The van der Waals surface area contributed by atoms with Gasteiger partial charge in [-0.25, -0.2) is 14.2 Å². The van der Waals surface area contributed by atoms with Crippen LogP contribution in [0, 0.1) is 5.82 Å². The first-order valence-electron chi connectivity index (χ1n) is 14.9. The Hall–Kier alpha value is -3.56. The van der Waals surface area contributed by atoms with Crippen LogP contribution in [0.4, 0.5) is 4.39 Å². The maximum Gasteiger partial charge on any atom is 0.359 e. The topological polar surface area (TPSA) is 88.9 Å². The van der Waals surface area contributed by atoms with E-state index in [0.717, 1.165) is 11.3 Å². The largest absolute Gasteiger partial charge is 0.460 e. The molecule has 3 aromatic rings. The molecule has 4 rings (SSSR count). The number of carbonyl (C=O) groups is 2. The molecule has 0 saturated carbocycles. The summed E-state index contributed by atoms with van der Waals surface area (Å²) in [7, 11) is 0. The Labute approximate surface area is 253 Å². The molecule has 0 N–H and O–H groups in total. The zero-order valence-electron chi connectivity index (χ0n) is 26.2. The molecule has 8 nitrogen and oxygen atoms in total. The summed E-state index contributed by atoms with van der Waals surface area (Å²) in [6, 6.07) is 15.5. The van der Waals surface area contributed by atoms with Crippen molar-refractivity contribution in [2.45, 2.75) is 110 Å². The van der Waals surface area contributed by atoms with Crippen molar-refractivity contribution in [3.8, 4) is 11.4 Å². The molecule has 9 heteroatoms. The van der Waals surface area contributed by atoms with Crippen molar-refractivity contribution in [3.05, 3.63) is 77.4 Å². The molecule has 43 heavy (non-hydrogen) atoms. The highest BCUT2D eigenvalue weighted by atomic mass is 19.1. The van der Waals surface area contributed by atoms with Gasteiger partial charge in [-0.15, -0.1) is 0 Å². The molecular formula is C34H43FN2O6. The molecule has 0 radical (unpaired) electrons. The summed E-state index contributed by atoms with van der Waals surface area (Å²) < 4.78 is 39.4. The Morgan fingerprint density at radius 1 is 1.05 bits per heavy atom. The van der Waals surface area contributed by atoms with Gasteiger partial charge >= 0.3 is 11.9 Å². The van der Waals surface area contributed by atoms with Crippen LogP contribution in [0.5, 0.6) is 0 Å². The predicted octanol–water partition coefficient (Wildman–Crippen LogP) is 7.20. The first kappa shape index (κ1) is 32.4. The van der Waals surface area contributed by atoms with Crippen LogP contribution in [-0.4, -0.2) is 45.1 Å². The highest BCUT2D eigenvalue weighted by Crippen LogP contribution is 2.33. The minimum atomic E-state index is -0.891. The minimum Gasteiger partial charge on any atom is -0.460 e. The molecule has 0 aliphatic carbocycles. The van der Waals surface area contributed by atoms with Gasteiger partial charge in [0, 0.05) is 18.5 Å². The van der Waals surface area contributed by atoms with Crippen molar-refractivity contribution < 1.29 is 32.9 Å². The second kappa shape index (κ2) is 13.4. The number of esters is 2. The van der Waals surface area contributed by atoms with Gasteiger partial charge in [0.25, 0.3) is 0 Å². The first-order valence-corrected chi connectivity index (χ1v) is 14.9. The van der Waals surface area contributed by atoms with Crippen molar-refractivity contribution >= 4 is 11.9 Å². The summed E-state index contributed by atoms with van der Waals surface area (Å²) in [6.45, 7) is 13.8. The van der Waals surface area contributed by atoms with Gasteiger partial charge in [0.15, 0.2) is 11.5 Å². The molecule has 1 saturated heterocycles. The number of ether oxygens (including phenoxy) is 4. The fourth-order valence-electron chi connectivity index (χ4n) is 5.40. The fourth-order valence-corrected chi connectivity index (χ4v) is 5.40. The first-order chi connectivity index (χ1) is 20.2. The third-order valence-electron chi connectivity index (χ3n) is 6.98. The molecule has 2 aromatic carbocycles. The normalized spacial score (nSPS) is 18.4. The van der Waals surface area contributed by atoms with Gasteiger partial charge in [0.1, 0.15) is 23.8 Å². The smallest absolute Gasteiger partial charge is 0.359 e. The molecule has 0 amide bonds. The second-order valence-electron chi connectivity index (χ2n) is 12.7. The quantitative estimate of drug-likeness (QED) is 0.229. The molecule has 0 spiro atoms. The summed E-state index contributed by atoms with van der Waals surface area (Å²) >= 11 is 0. The number of imidazole rings is 1. The Bertz CT molecular complexity index is 1390. The molecular weight excluding hydrogens is 551 g/mol. The molecule has 2 atom stereocenters. The van der Waals surface area contributed by atoms with Crippen LogP contribution in [0.15, 0.2) is 54.6 Å². The molecule has 0 bridgehead atoms. The lowest BCUT2D eigenvalue weighted by atomic mass is 10.0. The van der Waals surface area contributed by atoms with Gasteiger partial charge in [0.2, 0.25) is 0 Å². The lowest BCUT2D eigenvalue weighted by molar-refractivity contribution is -0.301. The van der Waals surface area contributed by atoms with Crippen LogP contribution in [-0.2, 0) is 36.9 Å². The molecule has 232 valence electrons. The summed E-state index contributed by atoms with van der Waals surface area (Å²) in [5, 5.41) is 0. The van der Waals surface area contributed by atoms with E-state index in [0.29, 0.717) is 30.8 Å². The van der Waals surface area contributed by atoms with E-state index < -0.39 is 17.4 Å². The molecule has 1 aliphatic rings. The summed E-state index contributed by atoms with van der Waals surface area (Å²) in [6.07, 6.45) is 0.609. The zero-order valence-corrected chi connectivity index (χ0v) is 26.2. The standard InChI is InChI=1S/C34H43FN2O6/c1-22(2)30-29(32(39)40-21-23-11-9-8-10-12-23)36-31(24-13-15-25(35)16-14-24)37(30)18-17-26-19-27(42-34(6,7)41-26)20-28(38)43-33(3,4)5/h8-16,22,26-27H,17-21H2,1-7H3. The minimum absolute atomic E-state index is 0.0621. The van der Waals surface area contributed by atoms with Crippen LogP contribution in [0.3, 0.4) is 0 Å². The van der Waals surface area contributed by atoms with Crippen LogP contribution < -0.4 is 0 Å². The van der Waals surface area contributed by atoms with Gasteiger partial charge in [0.05, 0.1) is 24.3 Å². The molecule has 1 fully saturated rings. The fraction of sp³-hybridized carbons (Fsp3) is 0.500. The van der Waals surface area contributed by atoms with E-state index in [2.05, 4.69) is 0 Å². The molecule has 1 aromatic heterocycles. The highest BCUT2D eigenvalue weighted by molar-refractivity contribution is 5.90. The number of benzene rings is 2. The summed E-state index contributed by atoms with van der Waals surface area (Å²) in [5.74, 6) is -1.60. The third-order valence-corrected chi connectivity index (χ3v) is 6.98. The van der Waals surface area contributed by atoms with E-state index in [9.17, 15) is 14.0 Å². The van der Waals surface area contributed by atoms with Crippen LogP contribution >= 0.6 is 0 Å². The highest BCUT2D eigenvalue weighted by Gasteiger charge is 2.37. The van der Waals surface area contributed by atoms with Gasteiger partial charge < -0.3 is 23.5 Å². The number of rotatable bonds is 10. The number of halogens is 1. The van der Waals surface area contributed by atoms with E-state index in [-0.39, 0.29) is 48.6 Å². The Kier molecular flexibility index (Phi) is 10.1. The lowest BCUT2D eigenvalue weighted by Gasteiger charge is -2.41. The van der Waals surface area contributed by atoms with Gasteiger partial charge in [-0.3, -0.25) is 4.79 Å². The molecule has 2 heterocycles. The van der Waals surface area contributed by atoms with Crippen LogP contribution in [0.1, 0.15) is 95.4 Å². The van der Waals surface area contributed by atoms with E-state index >= 15 is 0 Å². The lowest BCUT2D eigenvalue weighted by Crippen LogP contribution is -2.46. The number of aromatic nitrogens is 2. The average Bonchev–Trinajstić information content (AvgIpc) is 3.29. The van der Waals surface area contributed by atoms with Crippen LogP contribution in [0.25, 0.3) is 11.4 Å². The van der Waals surface area contributed by atoms with Crippen molar-refractivity contribution in [1.82, 2.24) is 9.55 Å². The van der Waals surface area contributed by atoms with Gasteiger partial charge in [-0.1, -0.05) is 44.2 Å². The summed E-state index contributed by atoms with van der Waals surface area (Å²) in [5.41, 5.74) is 1.94. The van der Waals surface area contributed by atoms with Crippen molar-refractivity contribution in [2.24, 2.45) is 0 Å². The van der Waals surface area contributed by atoms with E-state index in [1.807, 2.05) is 83.4 Å². The summed E-state index contributed by atoms with van der Waals surface area (Å²) in [4.78, 5) is 30.7. The Morgan fingerprint density at radius 2 is 1.70 bits per heavy atom. The zero-order chi connectivity index (χ0) is 31.4. The van der Waals surface area contributed by atoms with E-state index in [1.54, 1.807) is 12.1 Å². The number of hydrogen-bond acceptors (Lipinski definition) is 7. The van der Waals surface area contributed by atoms with Crippen LogP contribution in [0.2, 0.25) is 0 Å². The monoisotopic (exact) mass is 594 g/mol. The Balaban J connectivity index is 1.59. The van der Waals surface area contributed by atoms with Crippen molar-refractivity contribution in [1.29, 1.82) is 0 Å². The van der Waals surface area contributed by atoms with Gasteiger partial charge in [-0.2, -0.15) is 0 Å². The predicted molar refractivity (Wildman–Crippen MR) is 161 cm³/mol. The Morgan fingerprint density at radius 3 is 2.33 bits per heavy atom. The van der Waals surface area contributed by atoms with E-state index in [4.69, 9.17) is 23.9 Å². The van der Waals surface area contributed by atoms with Crippen molar-refractivity contribution in [2.75, 3.05) is 0 Å². The van der Waals surface area contributed by atoms with E-state index in [1.165, 1.54) is 12.1 Å². The second-order valence-corrected chi connectivity index (χ2v) is 12.7. The van der Waals surface area contributed by atoms with Crippen molar-refractivity contribution in [3.63, 3.8) is 0 Å². The maximum absolute atomic E-state index is 13.8. The molecule has 1 aliphatic heterocycles. The number of nitrogens with zero attached hydrogens (tertiary/aromatic N) is 2. The van der Waals surface area contributed by atoms with Gasteiger partial charge in [-0.05, 0) is 76.8 Å². The average molecular weight is 595 g/mol. The maximum atomic E-state index is 13.8. The SMILES string of the molecule is CC(C)c1c(C(=O)OCc2ccccc2)nc(-c2ccc(F)cc2)n1CCC1CC(CC(=O)OC(C)(C)C)OC(C)(C)O1.